The molecule has 0 N–H and O–H groups in total. The molecule has 298 valence electrons. The summed E-state index contributed by atoms with van der Waals surface area (Å²) in [6.45, 7) is 9.54. The molecule has 2 aromatic heterocycles. The molecule has 0 amide bonds. The maximum absolute atomic E-state index is 7.16. The zero-order valence-corrected chi connectivity index (χ0v) is 36.0. The zero-order valence-electron chi connectivity index (χ0n) is 35.2. The van der Waals surface area contributed by atoms with E-state index in [-0.39, 0.29) is 10.8 Å². The Hall–Kier alpha value is -7.14. The van der Waals surface area contributed by atoms with Gasteiger partial charge in [-0.25, -0.2) is 0 Å². The molecule has 0 saturated carbocycles. The predicted octanol–water partition coefficient (Wildman–Crippen LogP) is 16.9. The number of hydrogen-bond donors (Lipinski definition) is 0. The summed E-state index contributed by atoms with van der Waals surface area (Å²) in [4.78, 5) is 4.81. The summed E-state index contributed by atoms with van der Waals surface area (Å²) in [5, 5.41) is 2.57. The average Bonchev–Trinajstić information content (AvgIpc) is 4.01. The largest absolute Gasteiger partial charge is 0.455 e. The molecule has 3 nitrogen and oxygen atoms in total. The van der Waals surface area contributed by atoms with Crippen LogP contribution in [0.15, 0.2) is 199 Å². The van der Waals surface area contributed by atoms with Crippen molar-refractivity contribution in [2.24, 2.45) is 0 Å². The van der Waals surface area contributed by atoms with E-state index < -0.39 is 0 Å². The minimum absolute atomic E-state index is 0.293. The van der Waals surface area contributed by atoms with Gasteiger partial charge in [0, 0.05) is 87.3 Å². The number of thiophene rings is 1. The molecule has 8 aromatic carbocycles. The van der Waals surface area contributed by atoms with Gasteiger partial charge in [0.1, 0.15) is 11.5 Å². The van der Waals surface area contributed by atoms with Gasteiger partial charge in [-0.2, -0.15) is 0 Å². The van der Waals surface area contributed by atoms with Crippen molar-refractivity contribution in [3.05, 3.63) is 216 Å². The van der Waals surface area contributed by atoms with Crippen LogP contribution in [0, 0.1) is 0 Å². The smallest absolute Gasteiger partial charge is 0.139 e. The second-order valence-corrected chi connectivity index (χ2v) is 18.8. The molecule has 2 heterocycles. The molecule has 2 aliphatic carbocycles. The first kappa shape index (κ1) is 36.7. The van der Waals surface area contributed by atoms with E-state index >= 15 is 0 Å². The number of hydrogen-bond acceptors (Lipinski definition) is 4. The zero-order chi connectivity index (χ0) is 41.7. The fraction of sp³-hybridized carbons (Fsp3) is 0.103. The van der Waals surface area contributed by atoms with E-state index in [0.717, 1.165) is 45.6 Å². The average molecular weight is 817 g/mol. The van der Waals surface area contributed by atoms with Crippen LogP contribution in [0.2, 0.25) is 0 Å². The van der Waals surface area contributed by atoms with Crippen LogP contribution in [0.3, 0.4) is 0 Å². The molecular weight excluding hydrogens is 773 g/mol. The highest BCUT2D eigenvalue weighted by molar-refractivity contribution is 7.25. The van der Waals surface area contributed by atoms with E-state index in [1.54, 1.807) is 0 Å². The molecule has 12 rings (SSSR count). The SMILES string of the molecule is CC1(C)c2cc(N(c3ccccc3)c3ccccc3)ccc2-c2oc3c(c21)C(C)(C)c1cc(N(c2ccc4sc5ccccc5c4c2)c2ccccc2-c2ccccc2)ccc1-3. The molecule has 0 atom stereocenters. The molecular formula is C58H44N2OS. The normalized spacial score (nSPS) is 14.1. The van der Waals surface area contributed by atoms with Gasteiger partial charge in [-0.1, -0.05) is 131 Å². The molecule has 4 heteroatoms. The fourth-order valence-corrected chi connectivity index (χ4v) is 11.5. The molecule has 0 fully saturated rings. The van der Waals surface area contributed by atoms with Crippen molar-refractivity contribution >= 4 is 65.6 Å². The quantitative estimate of drug-likeness (QED) is 0.160. The van der Waals surface area contributed by atoms with Crippen molar-refractivity contribution < 1.29 is 4.42 Å². The van der Waals surface area contributed by atoms with E-state index in [9.17, 15) is 0 Å². The minimum Gasteiger partial charge on any atom is -0.455 e. The van der Waals surface area contributed by atoms with Gasteiger partial charge in [-0.3, -0.25) is 0 Å². The number of para-hydroxylation sites is 3. The van der Waals surface area contributed by atoms with E-state index in [4.69, 9.17) is 4.42 Å². The Morgan fingerprint density at radius 2 is 0.871 bits per heavy atom. The molecule has 10 aromatic rings. The molecule has 62 heavy (non-hydrogen) atoms. The number of fused-ring (bicyclic) bond motifs is 10. The lowest BCUT2D eigenvalue weighted by Gasteiger charge is -2.31. The Morgan fingerprint density at radius 3 is 1.50 bits per heavy atom. The van der Waals surface area contributed by atoms with Crippen LogP contribution >= 0.6 is 11.3 Å². The highest BCUT2D eigenvalue weighted by Crippen LogP contribution is 2.62. The molecule has 0 spiro atoms. The number of anilines is 6. The van der Waals surface area contributed by atoms with Crippen LogP contribution < -0.4 is 9.80 Å². The lowest BCUT2D eigenvalue weighted by atomic mass is 9.74. The van der Waals surface area contributed by atoms with Crippen molar-refractivity contribution in [1.82, 2.24) is 0 Å². The van der Waals surface area contributed by atoms with Crippen LogP contribution in [-0.2, 0) is 10.8 Å². The van der Waals surface area contributed by atoms with Crippen molar-refractivity contribution in [2.45, 2.75) is 38.5 Å². The van der Waals surface area contributed by atoms with Crippen molar-refractivity contribution in [2.75, 3.05) is 9.80 Å². The lowest BCUT2D eigenvalue weighted by Crippen LogP contribution is -2.23. The third kappa shape index (κ3) is 5.43. The standard InChI is InChI=1S/C58H44N2OS/c1-57(2)48-35-41(59(38-20-10-6-11-21-38)39-22-12-7-13-23-39)28-31-45(48)55-53(57)54-56(61-55)46-32-29-42(36-49(46)58(54,3)4)60(50-26-16-14-24-43(50)37-18-8-5-9-19-37)40-30-33-52-47(34-40)44-25-15-17-27-51(44)62-52/h5-36H,1-4H3. The summed E-state index contributed by atoms with van der Waals surface area (Å²) in [6, 6.07) is 70.6. The summed E-state index contributed by atoms with van der Waals surface area (Å²) in [5.41, 5.74) is 16.1. The van der Waals surface area contributed by atoms with E-state index in [0.29, 0.717) is 0 Å². The molecule has 0 saturated heterocycles. The molecule has 0 unspecified atom stereocenters. The Labute approximate surface area is 366 Å². The van der Waals surface area contributed by atoms with Gasteiger partial charge in [-0.05, 0) is 108 Å². The topological polar surface area (TPSA) is 19.6 Å². The van der Waals surface area contributed by atoms with Crippen molar-refractivity contribution in [1.29, 1.82) is 0 Å². The Morgan fingerprint density at radius 1 is 0.387 bits per heavy atom. The molecule has 2 aliphatic rings. The number of rotatable bonds is 7. The minimum atomic E-state index is -0.321. The maximum atomic E-state index is 7.16. The van der Waals surface area contributed by atoms with Crippen LogP contribution in [0.1, 0.15) is 49.9 Å². The third-order valence-electron chi connectivity index (χ3n) is 13.4. The predicted molar refractivity (Wildman–Crippen MR) is 262 cm³/mol. The molecule has 0 aliphatic heterocycles. The van der Waals surface area contributed by atoms with Gasteiger partial charge in [0.25, 0.3) is 0 Å². The highest BCUT2D eigenvalue weighted by Gasteiger charge is 2.50. The van der Waals surface area contributed by atoms with Gasteiger partial charge in [0.15, 0.2) is 0 Å². The van der Waals surface area contributed by atoms with Gasteiger partial charge >= 0.3 is 0 Å². The Kier molecular flexibility index (Phi) is 8.10. The van der Waals surface area contributed by atoms with E-state index in [1.165, 1.54) is 64.7 Å². The first-order valence-corrected chi connectivity index (χ1v) is 22.3. The highest BCUT2D eigenvalue weighted by atomic mass is 32.1. The van der Waals surface area contributed by atoms with Gasteiger partial charge < -0.3 is 14.2 Å². The summed E-state index contributed by atoms with van der Waals surface area (Å²) >= 11 is 1.86. The molecule has 0 bridgehead atoms. The monoisotopic (exact) mass is 816 g/mol. The summed E-state index contributed by atoms with van der Waals surface area (Å²) in [6.07, 6.45) is 0. The second-order valence-electron chi connectivity index (χ2n) is 17.7. The van der Waals surface area contributed by atoms with Gasteiger partial charge in [-0.15, -0.1) is 11.3 Å². The Bertz CT molecular complexity index is 3320. The first-order valence-electron chi connectivity index (χ1n) is 21.5. The van der Waals surface area contributed by atoms with Crippen LogP contribution in [0.5, 0.6) is 0 Å². The van der Waals surface area contributed by atoms with Crippen LogP contribution in [-0.4, -0.2) is 0 Å². The van der Waals surface area contributed by atoms with E-state index in [1.807, 2.05) is 11.3 Å². The number of nitrogens with zero attached hydrogens (tertiary/aromatic N) is 2. The molecule has 0 radical (unpaired) electrons. The maximum Gasteiger partial charge on any atom is 0.139 e. The summed E-state index contributed by atoms with van der Waals surface area (Å²) in [5.74, 6) is 2.01. The van der Waals surface area contributed by atoms with Crippen LogP contribution in [0.4, 0.5) is 34.1 Å². The summed E-state index contributed by atoms with van der Waals surface area (Å²) in [7, 11) is 0. The third-order valence-corrected chi connectivity index (χ3v) is 14.5. The summed E-state index contributed by atoms with van der Waals surface area (Å²) < 4.78 is 9.77. The van der Waals surface area contributed by atoms with Crippen molar-refractivity contribution in [3.63, 3.8) is 0 Å². The van der Waals surface area contributed by atoms with Gasteiger partial charge in [0.05, 0.1) is 5.69 Å². The van der Waals surface area contributed by atoms with Crippen molar-refractivity contribution in [3.8, 4) is 33.8 Å². The van der Waals surface area contributed by atoms with Gasteiger partial charge in [0.2, 0.25) is 0 Å². The fourth-order valence-electron chi connectivity index (χ4n) is 10.5. The lowest BCUT2D eigenvalue weighted by molar-refractivity contribution is 0.592. The van der Waals surface area contributed by atoms with E-state index in [2.05, 4.69) is 232 Å². The second kappa shape index (κ2) is 13.7. The first-order chi connectivity index (χ1) is 30.3. The number of benzene rings is 8. The van der Waals surface area contributed by atoms with Crippen LogP contribution in [0.25, 0.3) is 53.9 Å². The Balaban J connectivity index is 0.992. The number of furan rings is 1.